The molecule has 0 unspecified atom stereocenters. The van der Waals surface area contributed by atoms with Crippen molar-refractivity contribution in [3.63, 3.8) is 0 Å². The average Bonchev–Trinajstić information content (AvgIpc) is 2.41. The Kier molecular flexibility index (Phi) is 7.87. The Hall–Kier alpha value is -1.65. The number of hydrogen-bond donors (Lipinski definition) is 0. The molecule has 0 atom stereocenters. The van der Waals surface area contributed by atoms with Gasteiger partial charge in [0.05, 0.1) is 25.4 Å². The van der Waals surface area contributed by atoms with Crippen molar-refractivity contribution in [3.8, 4) is 0 Å². The number of carbonyl (C=O) groups is 2. The zero-order valence-electron chi connectivity index (χ0n) is 13.0. The third-order valence-electron chi connectivity index (χ3n) is 2.22. The molecule has 4 nitrogen and oxygen atoms in total. The van der Waals surface area contributed by atoms with Crippen LogP contribution in [0.2, 0.25) is 0 Å². The lowest BCUT2D eigenvalue weighted by Gasteiger charge is -2.19. The number of thioether (sulfide) groups is 1. The Balaban J connectivity index is 6.79. The van der Waals surface area contributed by atoms with Gasteiger partial charge in [0, 0.05) is 11.3 Å². The number of hydrogen-bond acceptors (Lipinski definition) is 5. The van der Waals surface area contributed by atoms with E-state index in [0.717, 1.165) is 7.11 Å². The first kappa shape index (κ1) is 22.4. The van der Waals surface area contributed by atoms with Crippen LogP contribution in [0.25, 0.3) is 0 Å². The second-order valence-corrected chi connectivity index (χ2v) is 6.04. The lowest BCUT2D eigenvalue weighted by Crippen LogP contribution is -2.25. The number of rotatable bonds is 5. The number of ether oxygens (including phenoxy) is 2. The minimum atomic E-state index is -5.56. The van der Waals surface area contributed by atoms with Crippen molar-refractivity contribution in [2.75, 3.05) is 14.2 Å². The number of carbonyl (C=O) groups excluding carboxylic acids is 2. The van der Waals surface area contributed by atoms with Crippen LogP contribution in [0, 0.1) is 0 Å². The highest BCUT2D eigenvalue weighted by atomic mass is 32.2. The molecule has 0 amide bonds. The summed E-state index contributed by atoms with van der Waals surface area (Å²) in [4.78, 5) is 22.5. The van der Waals surface area contributed by atoms with Crippen LogP contribution in [0.5, 0.6) is 0 Å². The van der Waals surface area contributed by atoms with Crippen LogP contribution in [0.15, 0.2) is 22.1 Å². The highest BCUT2D eigenvalue weighted by Gasteiger charge is 2.45. The van der Waals surface area contributed by atoms with Gasteiger partial charge in [0.2, 0.25) is 0 Å². The van der Waals surface area contributed by atoms with Crippen molar-refractivity contribution in [2.45, 2.75) is 31.5 Å². The maximum Gasteiger partial charge on any atom is 0.417 e. The van der Waals surface area contributed by atoms with E-state index in [9.17, 15) is 35.9 Å². The van der Waals surface area contributed by atoms with Crippen LogP contribution in [0.3, 0.4) is 0 Å². The molecule has 0 saturated heterocycles. The van der Waals surface area contributed by atoms with E-state index in [0.29, 0.717) is 18.9 Å². The van der Waals surface area contributed by atoms with E-state index in [4.69, 9.17) is 0 Å². The first-order valence-corrected chi connectivity index (χ1v) is 7.07. The topological polar surface area (TPSA) is 52.6 Å². The number of alkyl halides is 6. The van der Waals surface area contributed by atoms with Crippen LogP contribution in [-0.4, -0.2) is 43.8 Å². The van der Waals surface area contributed by atoms with Crippen molar-refractivity contribution in [1.82, 2.24) is 0 Å². The van der Waals surface area contributed by atoms with Gasteiger partial charge in [-0.05, 0) is 0 Å². The third kappa shape index (κ3) is 6.85. The van der Waals surface area contributed by atoms with Crippen LogP contribution in [-0.2, 0) is 19.1 Å². The van der Waals surface area contributed by atoms with Gasteiger partial charge in [-0.2, -0.15) is 26.3 Å². The van der Waals surface area contributed by atoms with Gasteiger partial charge in [0.25, 0.3) is 0 Å². The van der Waals surface area contributed by atoms with Gasteiger partial charge in [0.1, 0.15) is 4.91 Å². The number of esters is 2. The van der Waals surface area contributed by atoms with E-state index >= 15 is 0 Å². The van der Waals surface area contributed by atoms with Crippen molar-refractivity contribution in [3.05, 3.63) is 22.1 Å². The largest absolute Gasteiger partial charge is 0.465 e. The fourth-order valence-electron chi connectivity index (χ4n) is 1.42. The number of methoxy groups -OCH3 is 2. The first-order valence-electron chi connectivity index (χ1n) is 6.19. The normalized spacial score (nSPS) is 14.4. The van der Waals surface area contributed by atoms with E-state index in [2.05, 4.69) is 9.47 Å². The summed E-state index contributed by atoms with van der Waals surface area (Å²) in [5.74, 6) is -3.12. The van der Waals surface area contributed by atoms with Gasteiger partial charge in [-0.25, -0.2) is 9.59 Å². The highest BCUT2D eigenvalue weighted by Crippen LogP contribution is 2.39. The fourth-order valence-corrected chi connectivity index (χ4v) is 2.39. The van der Waals surface area contributed by atoms with E-state index in [1.165, 1.54) is 13.8 Å². The quantitative estimate of drug-likeness (QED) is 0.315. The molecule has 0 fully saturated rings. The molecule has 0 aromatic rings. The predicted molar refractivity (Wildman–Crippen MR) is 74.0 cm³/mol. The third-order valence-corrected chi connectivity index (χ3v) is 3.30. The Labute approximate surface area is 137 Å². The molecule has 0 aliphatic heterocycles. The molecule has 0 spiro atoms. The van der Waals surface area contributed by atoms with Crippen molar-refractivity contribution < 1.29 is 45.4 Å². The van der Waals surface area contributed by atoms with Crippen molar-refractivity contribution in [1.29, 1.82) is 0 Å². The maximum absolute atomic E-state index is 13.1. The standard InChI is InChI=1S/C13H14F6O4S/c1-6(2)24-9(11(21)23-4)8(10(20)22-3)7(13(17,18)19)5-12(14,15)16/h5-6H,1-4H3/b7-5+,9-8+. The number of allylic oxidation sites excluding steroid dienone is 1. The summed E-state index contributed by atoms with van der Waals surface area (Å²) >= 11 is 0.451. The second kappa shape index (κ2) is 8.45. The molecule has 0 radical (unpaired) electrons. The summed E-state index contributed by atoms with van der Waals surface area (Å²) in [7, 11) is 1.50. The lowest BCUT2D eigenvalue weighted by molar-refractivity contribution is -0.140. The lowest BCUT2D eigenvalue weighted by atomic mass is 10.0. The van der Waals surface area contributed by atoms with Gasteiger partial charge < -0.3 is 9.47 Å². The Morgan fingerprint density at radius 2 is 1.42 bits per heavy atom. The monoisotopic (exact) mass is 380 g/mol. The zero-order valence-corrected chi connectivity index (χ0v) is 13.8. The highest BCUT2D eigenvalue weighted by molar-refractivity contribution is 8.04. The van der Waals surface area contributed by atoms with Crippen molar-refractivity contribution >= 4 is 23.7 Å². The summed E-state index contributed by atoms with van der Waals surface area (Å²) < 4.78 is 85.2. The predicted octanol–water partition coefficient (Wildman–Crippen LogP) is 3.78. The maximum atomic E-state index is 13.1. The molecule has 0 rings (SSSR count). The summed E-state index contributed by atoms with van der Waals surface area (Å²) in [6.07, 6.45) is -12.0. The van der Waals surface area contributed by atoms with Gasteiger partial charge in [0.15, 0.2) is 0 Å². The average molecular weight is 380 g/mol. The molecule has 0 saturated carbocycles. The molecule has 0 bridgehead atoms. The van der Waals surface area contributed by atoms with Crippen LogP contribution in [0.4, 0.5) is 26.3 Å². The van der Waals surface area contributed by atoms with Crippen LogP contribution >= 0.6 is 11.8 Å². The zero-order chi connectivity index (χ0) is 19.3. The second-order valence-electron chi connectivity index (χ2n) is 4.45. The van der Waals surface area contributed by atoms with E-state index in [1.807, 2.05) is 0 Å². The molecule has 24 heavy (non-hydrogen) atoms. The Bertz CT molecular complexity index is 546. The van der Waals surface area contributed by atoms with Gasteiger partial charge in [-0.1, -0.05) is 13.8 Å². The van der Waals surface area contributed by atoms with Crippen LogP contribution in [0.1, 0.15) is 13.8 Å². The molecule has 0 aliphatic carbocycles. The SMILES string of the molecule is COC(=O)/C(SC(C)C)=C(C(=O)OC)/C(=C\C(F)(F)F)C(F)(F)F. The van der Waals surface area contributed by atoms with E-state index in [-0.39, 0.29) is 0 Å². The summed E-state index contributed by atoms with van der Waals surface area (Å²) in [5.41, 5.74) is -3.89. The van der Waals surface area contributed by atoms with E-state index in [1.54, 1.807) is 0 Å². The van der Waals surface area contributed by atoms with Gasteiger partial charge >= 0.3 is 24.3 Å². The molecule has 11 heteroatoms. The number of halogens is 6. The minimum Gasteiger partial charge on any atom is -0.465 e. The molecule has 0 aromatic carbocycles. The molecular formula is C13H14F6O4S. The minimum absolute atomic E-state index is 0.451. The van der Waals surface area contributed by atoms with Gasteiger partial charge in [-0.15, -0.1) is 11.8 Å². The van der Waals surface area contributed by atoms with E-state index < -0.39 is 51.7 Å². The summed E-state index contributed by atoms with van der Waals surface area (Å²) in [6, 6.07) is 0. The smallest absolute Gasteiger partial charge is 0.417 e. The molecule has 138 valence electrons. The fraction of sp³-hybridized carbons (Fsp3) is 0.538. The summed E-state index contributed by atoms with van der Waals surface area (Å²) in [5, 5.41) is -0.529. The Morgan fingerprint density at radius 1 is 0.958 bits per heavy atom. The Morgan fingerprint density at radius 3 is 1.71 bits per heavy atom. The molecule has 0 aromatic heterocycles. The molecular weight excluding hydrogens is 366 g/mol. The summed E-state index contributed by atoms with van der Waals surface area (Å²) in [6.45, 7) is 2.92. The van der Waals surface area contributed by atoms with Gasteiger partial charge in [-0.3, -0.25) is 0 Å². The first-order chi connectivity index (χ1) is 10.7. The van der Waals surface area contributed by atoms with Crippen LogP contribution < -0.4 is 0 Å². The molecule has 0 N–H and O–H groups in total. The molecule has 0 aliphatic rings. The molecule has 0 heterocycles. The van der Waals surface area contributed by atoms with Crippen molar-refractivity contribution in [2.24, 2.45) is 0 Å².